The van der Waals surface area contributed by atoms with Crippen molar-refractivity contribution in [3.8, 4) is 34.5 Å². The maximum atomic E-state index is 8.96. The molecule has 2 aromatic carbocycles. The van der Waals surface area contributed by atoms with Crippen LogP contribution < -0.4 is 9.47 Å². The standard InChI is InChI=1S/C33H31N3O4/c1-22(21-37)38-15-3-4-25-8-11-27(19-35-25)40-29-17-28(18-29)39-26-9-5-23(6-10-26)24-7-12-30-31-20-34-14-13-32(31)36(2)33(30)16-24/h5-14,16,19-20,22,28-29,37H,15,17-18,21H2,1-2H3. The van der Waals surface area contributed by atoms with Crippen LogP contribution in [0.2, 0.25) is 0 Å². The van der Waals surface area contributed by atoms with E-state index < -0.39 is 0 Å². The lowest BCUT2D eigenvalue weighted by Crippen LogP contribution is -2.41. The summed E-state index contributed by atoms with van der Waals surface area (Å²) in [5.74, 6) is 7.44. The number of fused-ring (bicyclic) bond motifs is 3. The number of aryl methyl sites for hydroxylation is 1. The quantitative estimate of drug-likeness (QED) is 0.265. The monoisotopic (exact) mass is 533 g/mol. The molecule has 202 valence electrons. The number of aliphatic hydroxyl groups is 1. The van der Waals surface area contributed by atoms with Crippen molar-refractivity contribution in [2.24, 2.45) is 7.05 Å². The first-order chi connectivity index (χ1) is 19.6. The average Bonchev–Trinajstić information content (AvgIpc) is 3.26. The number of ether oxygens (including phenoxy) is 3. The molecule has 0 aliphatic heterocycles. The maximum absolute atomic E-state index is 8.96. The van der Waals surface area contributed by atoms with Gasteiger partial charge in [-0.3, -0.25) is 4.98 Å². The van der Waals surface area contributed by atoms with Gasteiger partial charge in [0, 0.05) is 48.6 Å². The lowest BCUT2D eigenvalue weighted by Gasteiger charge is -2.35. The molecule has 0 radical (unpaired) electrons. The molecule has 0 bridgehead atoms. The molecule has 0 amide bonds. The van der Waals surface area contributed by atoms with Gasteiger partial charge < -0.3 is 23.9 Å². The Kier molecular flexibility index (Phi) is 7.37. The Morgan fingerprint density at radius 3 is 2.40 bits per heavy atom. The van der Waals surface area contributed by atoms with Crippen LogP contribution in [0.4, 0.5) is 0 Å². The Balaban J connectivity index is 1.01. The van der Waals surface area contributed by atoms with Crippen LogP contribution in [0.15, 0.2) is 79.3 Å². The Morgan fingerprint density at radius 2 is 1.65 bits per heavy atom. The van der Waals surface area contributed by atoms with Gasteiger partial charge in [0.25, 0.3) is 0 Å². The number of pyridine rings is 2. The predicted molar refractivity (Wildman–Crippen MR) is 155 cm³/mol. The van der Waals surface area contributed by atoms with Gasteiger partial charge >= 0.3 is 0 Å². The van der Waals surface area contributed by atoms with Gasteiger partial charge in [0.2, 0.25) is 0 Å². The number of hydrogen-bond donors (Lipinski definition) is 1. The molecule has 6 rings (SSSR count). The predicted octanol–water partition coefficient (Wildman–Crippen LogP) is 5.53. The molecule has 1 unspecified atom stereocenters. The molecule has 40 heavy (non-hydrogen) atoms. The highest BCUT2D eigenvalue weighted by Crippen LogP contribution is 2.33. The van der Waals surface area contributed by atoms with E-state index in [4.69, 9.17) is 19.3 Å². The van der Waals surface area contributed by atoms with Crippen LogP contribution >= 0.6 is 0 Å². The van der Waals surface area contributed by atoms with Gasteiger partial charge in [-0.15, -0.1) is 0 Å². The number of rotatable bonds is 8. The van der Waals surface area contributed by atoms with Crippen molar-refractivity contribution in [1.29, 1.82) is 0 Å². The largest absolute Gasteiger partial charge is 0.490 e. The third kappa shape index (κ3) is 5.50. The Hall–Kier alpha value is -4.38. The number of nitrogens with zero attached hydrogens (tertiary/aromatic N) is 3. The summed E-state index contributed by atoms with van der Waals surface area (Å²) in [5, 5.41) is 11.3. The summed E-state index contributed by atoms with van der Waals surface area (Å²) < 4.78 is 19.8. The first kappa shape index (κ1) is 25.9. The zero-order valence-corrected chi connectivity index (χ0v) is 22.6. The SMILES string of the molecule is CC(CO)OCC#Cc1ccc(OC2CC(Oc3ccc(-c4ccc5c6cnccc6n(C)c5c4)cc3)C2)cn1. The van der Waals surface area contributed by atoms with E-state index in [2.05, 4.69) is 69.8 Å². The second-order valence-corrected chi connectivity index (χ2v) is 10.1. The first-order valence-corrected chi connectivity index (χ1v) is 13.5. The molecule has 1 N–H and O–H groups in total. The Morgan fingerprint density at radius 1 is 0.900 bits per heavy atom. The summed E-state index contributed by atoms with van der Waals surface area (Å²) in [5.41, 5.74) is 5.35. The van der Waals surface area contributed by atoms with Gasteiger partial charge in [0.05, 0.1) is 24.4 Å². The molecule has 5 aromatic rings. The normalized spacial score (nSPS) is 17.2. The van der Waals surface area contributed by atoms with Gasteiger partial charge in [-0.25, -0.2) is 4.98 Å². The van der Waals surface area contributed by atoms with Crippen LogP contribution in [0.5, 0.6) is 11.5 Å². The fraction of sp³-hybridized carbons (Fsp3) is 0.273. The lowest BCUT2D eigenvalue weighted by atomic mass is 9.92. The van der Waals surface area contributed by atoms with E-state index in [1.54, 1.807) is 13.1 Å². The molecule has 1 fully saturated rings. The molecule has 1 aliphatic carbocycles. The van der Waals surface area contributed by atoms with Gasteiger partial charge in [-0.1, -0.05) is 30.2 Å². The van der Waals surface area contributed by atoms with Gasteiger partial charge in [-0.05, 0) is 60.4 Å². The van der Waals surface area contributed by atoms with Crippen LogP contribution in [0.25, 0.3) is 32.9 Å². The second kappa shape index (κ2) is 11.4. The van der Waals surface area contributed by atoms with Gasteiger partial charge in [-0.2, -0.15) is 0 Å². The van der Waals surface area contributed by atoms with E-state index in [1.165, 1.54) is 27.4 Å². The number of aliphatic hydroxyl groups excluding tert-OH is 1. The third-order valence-corrected chi connectivity index (χ3v) is 7.30. The van der Waals surface area contributed by atoms with E-state index in [0.29, 0.717) is 5.69 Å². The number of benzene rings is 2. The highest BCUT2D eigenvalue weighted by Gasteiger charge is 2.32. The van der Waals surface area contributed by atoms with Crippen LogP contribution in [-0.2, 0) is 11.8 Å². The molecular weight excluding hydrogens is 502 g/mol. The molecule has 3 aromatic heterocycles. The highest BCUT2D eigenvalue weighted by molar-refractivity contribution is 6.08. The van der Waals surface area contributed by atoms with Crippen molar-refractivity contribution in [3.05, 3.63) is 84.9 Å². The minimum atomic E-state index is -0.220. The highest BCUT2D eigenvalue weighted by atomic mass is 16.5. The van der Waals surface area contributed by atoms with Crippen LogP contribution in [-0.4, -0.2) is 51.2 Å². The third-order valence-electron chi connectivity index (χ3n) is 7.30. The second-order valence-electron chi connectivity index (χ2n) is 10.1. The maximum Gasteiger partial charge on any atom is 0.138 e. The molecule has 1 saturated carbocycles. The molecule has 0 spiro atoms. The van der Waals surface area contributed by atoms with Crippen molar-refractivity contribution in [2.75, 3.05) is 13.2 Å². The van der Waals surface area contributed by atoms with E-state index in [1.807, 2.05) is 36.7 Å². The minimum Gasteiger partial charge on any atom is -0.490 e. The zero-order chi connectivity index (χ0) is 27.5. The molecule has 7 nitrogen and oxygen atoms in total. The first-order valence-electron chi connectivity index (χ1n) is 13.5. The average molecular weight is 534 g/mol. The van der Waals surface area contributed by atoms with Crippen molar-refractivity contribution in [1.82, 2.24) is 14.5 Å². The molecule has 0 saturated heterocycles. The van der Waals surface area contributed by atoms with Crippen LogP contribution in [0.1, 0.15) is 25.5 Å². The summed E-state index contributed by atoms with van der Waals surface area (Å²) in [6, 6.07) is 20.7. The fourth-order valence-electron chi connectivity index (χ4n) is 4.94. The van der Waals surface area contributed by atoms with Gasteiger partial charge in [0.1, 0.15) is 36.0 Å². The molecule has 3 heterocycles. The summed E-state index contributed by atoms with van der Waals surface area (Å²) >= 11 is 0. The smallest absolute Gasteiger partial charge is 0.138 e. The van der Waals surface area contributed by atoms with Crippen molar-refractivity contribution in [2.45, 2.75) is 38.1 Å². The lowest BCUT2D eigenvalue weighted by molar-refractivity contribution is 0.00438. The van der Waals surface area contributed by atoms with Crippen molar-refractivity contribution in [3.63, 3.8) is 0 Å². The van der Waals surface area contributed by atoms with Crippen LogP contribution in [0, 0.1) is 11.8 Å². The summed E-state index contributed by atoms with van der Waals surface area (Å²) in [4.78, 5) is 8.64. The van der Waals surface area contributed by atoms with E-state index in [9.17, 15) is 0 Å². The Labute approximate surface area is 233 Å². The molecule has 1 atom stereocenters. The minimum absolute atomic E-state index is 0.0199. The Bertz CT molecular complexity index is 1680. The van der Waals surface area contributed by atoms with Crippen molar-refractivity contribution < 1.29 is 19.3 Å². The number of aromatic nitrogens is 3. The number of hydrogen-bond acceptors (Lipinski definition) is 6. The van der Waals surface area contributed by atoms with Crippen molar-refractivity contribution >= 4 is 21.8 Å². The topological polar surface area (TPSA) is 78.6 Å². The van der Waals surface area contributed by atoms with E-state index >= 15 is 0 Å². The van der Waals surface area contributed by atoms with Gasteiger partial charge in [0.15, 0.2) is 0 Å². The van der Waals surface area contributed by atoms with E-state index in [-0.39, 0.29) is 31.5 Å². The summed E-state index contributed by atoms with van der Waals surface area (Å²) in [6.45, 7) is 2.03. The fourth-order valence-corrected chi connectivity index (χ4v) is 4.94. The summed E-state index contributed by atoms with van der Waals surface area (Å²) in [7, 11) is 2.10. The van der Waals surface area contributed by atoms with Crippen LogP contribution in [0.3, 0.4) is 0 Å². The molecule has 7 heteroatoms. The van der Waals surface area contributed by atoms with E-state index in [0.717, 1.165) is 29.9 Å². The zero-order valence-electron chi connectivity index (χ0n) is 22.6. The summed E-state index contributed by atoms with van der Waals surface area (Å²) in [6.07, 6.45) is 7.15. The molecule has 1 aliphatic rings. The molecular formula is C33H31N3O4.